The largest absolute Gasteiger partial charge is 0.478 e. The summed E-state index contributed by atoms with van der Waals surface area (Å²) in [4.78, 5) is 35.7. The number of amides is 1. The number of aliphatic hydroxyl groups is 1. The van der Waals surface area contributed by atoms with E-state index in [2.05, 4.69) is 10.6 Å². The van der Waals surface area contributed by atoms with Crippen molar-refractivity contribution in [2.45, 2.75) is 61.7 Å². The zero-order valence-corrected chi connectivity index (χ0v) is 25.1. The fraction of sp³-hybridized carbons (Fsp3) is 0.300. The smallest absolute Gasteiger partial charge is 0.337 e. The van der Waals surface area contributed by atoms with Crippen LogP contribution < -0.4 is 10.6 Å². The second kappa shape index (κ2) is 13.5. The van der Waals surface area contributed by atoms with Crippen molar-refractivity contribution < 1.29 is 37.8 Å². The molecule has 10 nitrogen and oxygen atoms in total. The van der Waals surface area contributed by atoms with Crippen molar-refractivity contribution in [3.63, 3.8) is 0 Å². The molecule has 0 aliphatic carbocycles. The van der Waals surface area contributed by atoms with Gasteiger partial charge < -0.3 is 25.6 Å². The molecule has 0 radical (unpaired) electrons. The Balaban J connectivity index is 1.75. The maximum atomic E-state index is 13.2. The van der Waals surface area contributed by atoms with Gasteiger partial charge in [0, 0.05) is 18.5 Å². The van der Waals surface area contributed by atoms with E-state index in [1.807, 2.05) is 0 Å². The number of rotatable bonds is 11. The Morgan fingerprint density at radius 2 is 1.62 bits per heavy atom. The first kappa shape index (κ1) is 32.7. The zero-order valence-electron chi connectivity index (χ0n) is 23.5. The van der Waals surface area contributed by atoms with Gasteiger partial charge in [-0.25, -0.2) is 13.2 Å². The van der Waals surface area contributed by atoms with Crippen molar-refractivity contribution in [2.75, 3.05) is 11.9 Å². The number of sulfone groups is 1. The van der Waals surface area contributed by atoms with E-state index < -0.39 is 45.4 Å². The summed E-state index contributed by atoms with van der Waals surface area (Å²) in [5.41, 5.74) is 0.0443. The normalized spacial score (nSPS) is 13.2. The molecule has 0 aliphatic rings. The Bertz CT molecular complexity index is 1570. The fourth-order valence-corrected chi connectivity index (χ4v) is 5.57. The number of carbonyl (C=O) groups excluding carboxylic acids is 2. The molecule has 1 unspecified atom stereocenters. The van der Waals surface area contributed by atoms with Gasteiger partial charge in [0.15, 0.2) is 0 Å². The lowest BCUT2D eigenvalue weighted by Crippen LogP contribution is -2.46. The van der Waals surface area contributed by atoms with E-state index >= 15 is 0 Å². The van der Waals surface area contributed by atoms with Gasteiger partial charge in [-0.05, 0) is 80.8 Å². The van der Waals surface area contributed by atoms with Crippen molar-refractivity contribution in [1.29, 1.82) is 0 Å². The fourth-order valence-electron chi connectivity index (χ4n) is 4.08. The van der Waals surface area contributed by atoms with E-state index in [4.69, 9.17) is 16.3 Å². The van der Waals surface area contributed by atoms with Crippen molar-refractivity contribution in [1.82, 2.24) is 5.32 Å². The van der Waals surface area contributed by atoms with Crippen LogP contribution in [0, 0.1) is 0 Å². The highest BCUT2D eigenvalue weighted by Gasteiger charge is 2.32. The van der Waals surface area contributed by atoms with Gasteiger partial charge in [0.1, 0.15) is 17.7 Å². The molecular weight excluding hydrogens is 584 g/mol. The van der Waals surface area contributed by atoms with Gasteiger partial charge in [0.05, 0.1) is 21.0 Å². The first-order valence-corrected chi connectivity index (χ1v) is 14.8. The lowest BCUT2D eigenvalue weighted by molar-refractivity contribution is -0.160. The second-order valence-electron chi connectivity index (χ2n) is 10.6. The van der Waals surface area contributed by atoms with Gasteiger partial charge in [-0.3, -0.25) is 9.59 Å². The molecule has 3 aromatic carbocycles. The minimum atomic E-state index is -4.06. The zero-order chi connectivity index (χ0) is 31.2. The number of ether oxygens (including phenoxy) is 1. The number of nitrogens with one attached hydrogen (secondary N) is 2. The number of anilines is 1. The number of carbonyl (C=O) groups is 3. The molecule has 0 aliphatic heterocycles. The summed E-state index contributed by atoms with van der Waals surface area (Å²) < 4.78 is 31.9. The average molecular weight is 617 g/mol. The van der Waals surface area contributed by atoms with E-state index in [-0.39, 0.29) is 27.6 Å². The van der Waals surface area contributed by atoms with Crippen LogP contribution in [0.2, 0.25) is 5.02 Å². The highest BCUT2D eigenvalue weighted by atomic mass is 35.5. The molecule has 2 atom stereocenters. The average Bonchev–Trinajstić information content (AvgIpc) is 2.89. The number of hydrogen-bond donors (Lipinski definition) is 4. The molecule has 4 N–H and O–H groups in total. The van der Waals surface area contributed by atoms with Crippen LogP contribution in [0.15, 0.2) is 76.5 Å². The second-order valence-corrected chi connectivity index (χ2v) is 12.9. The van der Waals surface area contributed by atoms with E-state index in [0.717, 1.165) is 11.6 Å². The minimum absolute atomic E-state index is 0.0121. The van der Waals surface area contributed by atoms with Crippen molar-refractivity contribution >= 4 is 45.0 Å². The van der Waals surface area contributed by atoms with Gasteiger partial charge in [-0.15, -0.1) is 0 Å². The van der Waals surface area contributed by atoms with Crippen LogP contribution >= 0.6 is 11.6 Å². The van der Waals surface area contributed by atoms with Gasteiger partial charge in [-0.1, -0.05) is 35.9 Å². The maximum Gasteiger partial charge on any atom is 0.337 e. The highest BCUT2D eigenvalue weighted by Crippen LogP contribution is 2.27. The molecule has 0 spiro atoms. The molecular formula is C30H33ClN2O8S. The third kappa shape index (κ3) is 8.62. The molecule has 0 fully saturated rings. The van der Waals surface area contributed by atoms with E-state index in [1.54, 1.807) is 57.2 Å². The van der Waals surface area contributed by atoms with Crippen LogP contribution in [0.5, 0.6) is 0 Å². The first-order valence-electron chi connectivity index (χ1n) is 13.0. The van der Waals surface area contributed by atoms with Crippen LogP contribution in [0.3, 0.4) is 0 Å². The molecule has 12 heteroatoms. The van der Waals surface area contributed by atoms with Gasteiger partial charge in [-0.2, -0.15) is 0 Å². The van der Waals surface area contributed by atoms with Gasteiger partial charge in [0.2, 0.25) is 15.7 Å². The monoisotopic (exact) mass is 616 g/mol. The topological polar surface area (TPSA) is 159 Å². The third-order valence-corrected chi connectivity index (χ3v) is 8.02. The Hall–Kier alpha value is -3.77. The van der Waals surface area contributed by atoms with Gasteiger partial charge in [0.25, 0.3) is 0 Å². The van der Waals surface area contributed by atoms with E-state index in [0.29, 0.717) is 17.0 Å². The number of aliphatic hydroxyl groups excluding tert-OH is 1. The number of carboxylic acids is 1. The van der Waals surface area contributed by atoms with Crippen molar-refractivity contribution in [3.05, 3.63) is 88.4 Å². The molecule has 3 rings (SSSR count). The number of benzene rings is 3. The van der Waals surface area contributed by atoms with Crippen LogP contribution in [-0.2, 0) is 30.6 Å². The summed E-state index contributed by atoms with van der Waals surface area (Å²) in [6, 6.07) is 14.9. The molecule has 0 aromatic heterocycles. The quantitative estimate of drug-likeness (QED) is 0.229. The molecule has 0 bridgehead atoms. The number of esters is 1. The summed E-state index contributed by atoms with van der Waals surface area (Å²) in [7, 11) is -4.06. The number of carboxylic acid groups (broad SMARTS) is 1. The summed E-state index contributed by atoms with van der Waals surface area (Å²) >= 11 is 6.06. The third-order valence-electron chi connectivity index (χ3n) is 6.02. The van der Waals surface area contributed by atoms with Crippen LogP contribution in [0.1, 0.15) is 55.3 Å². The molecule has 0 saturated carbocycles. The molecule has 42 heavy (non-hydrogen) atoms. The van der Waals surface area contributed by atoms with Crippen molar-refractivity contribution in [2.24, 2.45) is 0 Å². The molecule has 3 aromatic rings. The Morgan fingerprint density at radius 1 is 0.976 bits per heavy atom. The summed E-state index contributed by atoms with van der Waals surface area (Å²) in [6.45, 7) is 6.64. The lowest BCUT2D eigenvalue weighted by Gasteiger charge is -2.27. The first-order chi connectivity index (χ1) is 19.6. The molecule has 0 heterocycles. The molecule has 224 valence electrons. The Kier molecular flexibility index (Phi) is 10.5. The van der Waals surface area contributed by atoms with Crippen LogP contribution in [-0.4, -0.2) is 54.7 Å². The van der Waals surface area contributed by atoms with Crippen LogP contribution in [0.4, 0.5) is 5.69 Å². The minimum Gasteiger partial charge on any atom is -0.478 e. The molecule has 0 saturated heterocycles. The van der Waals surface area contributed by atoms with E-state index in [1.165, 1.54) is 31.2 Å². The maximum absolute atomic E-state index is 13.2. The van der Waals surface area contributed by atoms with Crippen LogP contribution in [0.25, 0.3) is 0 Å². The Labute approximate surface area is 249 Å². The standard InChI is InChI=1S/C30H33ClN2O8S/c1-18(34)33-25-13-12-23(17-24(25)28(36)37)42(39,40)22-10-8-19(9-11-22)14-15-32-26(29(38)41-30(2,3)4)27(35)20-6-5-7-21(31)16-20/h5-13,16-17,26-27,32,35H,14-15H2,1-4H3,(H,33,34)(H,36,37)/t26?,27-/m1/s1. The summed E-state index contributed by atoms with van der Waals surface area (Å²) in [6.07, 6.45) is -0.852. The number of aromatic carboxylic acids is 1. The summed E-state index contributed by atoms with van der Waals surface area (Å²) in [5, 5.41) is 26.3. The predicted molar refractivity (Wildman–Crippen MR) is 157 cm³/mol. The van der Waals surface area contributed by atoms with Gasteiger partial charge >= 0.3 is 11.9 Å². The Morgan fingerprint density at radius 3 is 2.19 bits per heavy atom. The number of halogens is 1. The van der Waals surface area contributed by atoms with E-state index in [9.17, 15) is 33.0 Å². The SMILES string of the molecule is CC(=O)Nc1ccc(S(=O)(=O)c2ccc(CCNC(C(=O)OC(C)(C)C)[C@H](O)c3cccc(Cl)c3)cc2)cc1C(=O)O. The number of hydrogen-bond acceptors (Lipinski definition) is 8. The highest BCUT2D eigenvalue weighted by molar-refractivity contribution is 7.91. The lowest BCUT2D eigenvalue weighted by atomic mass is 10.0. The predicted octanol–water partition coefficient (Wildman–Crippen LogP) is 4.41. The van der Waals surface area contributed by atoms with Crippen molar-refractivity contribution in [3.8, 4) is 0 Å². The molecule has 1 amide bonds. The summed E-state index contributed by atoms with van der Waals surface area (Å²) in [5.74, 6) is -2.51.